The molecular formula is C19H22ClFN2O2. The second-order valence-electron chi connectivity index (χ2n) is 6.01. The molecule has 1 amide bonds. The van der Waals surface area contributed by atoms with E-state index in [-0.39, 0.29) is 30.2 Å². The number of carbonyl (C=O) groups is 1. The summed E-state index contributed by atoms with van der Waals surface area (Å²) in [6.45, 7) is 2.08. The molecule has 6 heteroatoms. The molecule has 1 aliphatic rings. The van der Waals surface area contributed by atoms with Crippen LogP contribution in [0, 0.1) is 5.82 Å². The number of hydrogen-bond acceptors (Lipinski definition) is 3. The lowest BCUT2D eigenvalue weighted by Gasteiger charge is -2.24. The van der Waals surface area contributed by atoms with E-state index in [0.29, 0.717) is 17.9 Å². The summed E-state index contributed by atoms with van der Waals surface area (Å²) in [5.74, 6) is 0.153. The largest absolute Gasteiger partial charge is 0.489 e. The molecular weight excluding hydrogens is 343 g/mol. The highest BCUT2D eigenvalue weighted by Crippen LogP contribution is 2.16. The molecule has 2 aromatic carbocycles. The van der Waals surface area contributed by atoms with Crippen LogP contribution in [0.5, 0.6) is 5.75 Å². The minimum atomic E-state index is -0.330. The molecule has 1 unspecified atom stereocenters. The van der Waals surface area contributed by atoms with Gasteiger partial charge in [-0.25, -0.2) is 4.39 Å². The first-order valence-corrected chi connectivity index (χ1v) is 8.08. The van der Waals surface area contributed by atoms with Gasteiger partial charge >= 0.3 is 0 Å². The van der Waals surface area contributed by atoms with E-state index in [9.17, 15) is 9.18 Å². The van der Waals surface area contributed by atoms with Gasteiger partial charge in [-0.05, 0) is 42.8 Å². The van der Waals surface area contributed by atoms with Crippen molar-refractivity contribution in [3.05, 3.63) is 65.5 Å². The van der Waals surface area contributed by atoms with E-state index in [0.717, 1.165) is 25.1 Å². The molecule has 25 heavy (non-hydrogen) atoms. The topological polar surface area (TPSA) is 41.6 Å². The average molecular weight is 365 g/mol. The van der Waals surface area contributed by atoms with Crippen LogP contribution < -0.4 is 10.1 Å². The van der Waals surface area contributed by atoms with Gasteiger partial charge in [-0.1, -0.05) is 18.2 Å². The zero-order valence-corrected chi connectivity index (χ0v) is 14.9. The van der Waals surface area contributed by atoms with E-state index < -0.39 is 0 Å². The van der Waals surface area contributed by atoms with Crippen LogP contribution in [0.4, 0.5) is 4.39 Å². The summed E-state index contributed by atoms with van der Waals surface area (Å²) in [5.41, 5.74) is 1.52. The number of nitrogens with one attached hydrogen (secondary N) is 1. The zero-order valence-electron chi connectivity index (χ0n) is 14.1. The second-order valence-corrected chi connectivity index (χ2v) is 6.01. The van der Waals surface area contributed by atoms with Crippen molar-refractivity contribution >= 4 is 18.3 Å². The predicted molar refractivity (Wildman–Crippen MR) is 97.8 cm³/mol. The van der Waals surface area contributed by atoms with Gasteiger partial charge in [0.25, 0.3) is 5.91 Å². The molecule has 4 nitrogen and oxygen atoms in total. The third-order valence-corrected chi connectivity index (χ3v) is 4.28. The maximum Gasteiger partial charge on any atom is 0.253 e. The summed E-state index contributed by atoms with van der Waals surface area (Å²) in [6.07, 6.45) is 0.977. The van der Waals surface area contributed by atoms with Crippen molar-refractivity contribution in [2.75, 3.05) is 20.1 Å². The van der Waals surface area contributed by atoms with E-state index in [1.165, 1.54) is 12.1 Å². The van der Waals surface area contributed by atoms with E-state index in [1.807, 2.05) is 31.3 Å². The quantitative estimate of drug-likeness (QED) is 0.885. The first-order chi connectivity index (χ1) is 11.6. The summed E-state index contributed by atoms with van der Waals surface area (Å²) >= 11 is 0. The van der Waals surface area contributed by atoms with Crippen LogP contribution in [0.3, 0.4) is 0 Å². The Morgan fingerprint density at radius 1 is 1.28 bits per heavy atom. The van der Waals surface area contributed by atoms with Crippen LogP contribution in [-0.2, 0) is 6.61 Å². The van der Waals surface area contributed by atoms with Gasteiger partial charge in [-0.2, -0.15) is 0 Å². The molecule has 1 aliphatic heterocycles. The molecule has 0 aromatic heterocycles. The van der Waals surface area contributed by atoms with Crippen molar-refractivity contribution in [1.29, 1.82) is 0 Å². The maximum atomic E-state index is 13.2. The van der Waals surface area contributed by atoms with Gasteiger partial charge in [0.05, 0.1) is 0 Å². The van der Waals surface area contributed by atoms with Crippen LogP contribution in [0.2, 0.25) is 0 Å². The lowest BCUT2D eigenvalue weighted by atomic mass is 10.1. The van der Waals surface area contributed by atoms with Gasteiger partial charge in [0.1, 0.15) is 18.2 Å². The van der Waals surface area contributed by atoms with E-state index in [4.69, 9.17) is 4.74 Å². The molecule has 1 fully saturated rings. The summed E-state index contributed by atoms with van der Waals surface area (Å²) < 4.78 is 18.8. The minimum Gasteiger partial charge on any atom is -0.489 e. The number of hydrogen-bond donors (Lipinski definition) is 1. The Hall–Kier alpha value is -2.11. The van der Waals surface area contributed by atoms with Gasteiger partial charge in [0, 0.05) is 31.3 Å². The van der Waals surface area contributed by atoms with Crippen molar-refractivity contribution in [3.8, 4) is 5.75 Å². The molecule has 1 saturated heterocycles. The fraction of sp³-hybridized carbons (Fsp3) is 0.316. The summed E-state index contributed by atoms with van der Waals surface area (Å²) in [4.78, 5) is 14.4. The van der Waals surface area contributed by atoms with E-state index in [2.05, 4.69) is 5.32 Å². The SMILES string of the molecule is CN(C(=O)c1cccc(COc2cccc(F)c2)c1)C1CCNC1.Cl. The van der Waals surface area contributed by atoms with E-state index >= 15 is 0 Å². The Bertz CT molecular complexity index is 720. The molecule has 1 atom stereocenters. The first-order valence-electron chi connectivity index (χ1n) is 8.08. The fourth-order valence-electron chi connectivity index (χ4n) is 2.86. The van der Waals surface area contributed by atoms with Crippen LogP contribution in [-0.4, -0.2) is 37.0 Å². The number of carbonyl (C=O) groups excluding carboxylic acids is 1. The molecule has 1 heterocycles. The standard InChI is InChI=1S/C19H21FN2O2.ClH/c1-22(17-8-9-21-12-17)19(23)15-5-2-4-14(10-15)13-24-18-7-3-6-16(20)11-18;/h2-7,10-11,17,21H,8-9,12-13H2,1H3;1H. The molecule has 0 spiro atoms. The van der Waals surface area contributed by atoms with Crippen LogP contribution in [0.25, 0.3) is 0 Å². The van der Waals surface area contributed by atoms with Gasteiger partial charge in [-0.15, -0.1) is 12.4 Å². The predicted octanol–water partition coefficient (Wildman–Crippen LogP) is 3.26. The van der Waals surface area contributed by atoms with Crippen molar-refractivity contribution in [2.45, 2.75) is 19.1 Å². The Labute approximate surface area is 153 Å². The summed E-state index contributed by atoms with van der Waals surface area (Å²) in [5, 5.41) is 3.27. The number of ether oxygens (including phenoxy) is 1. The lowest BCUT2D eigenvalue weighted by Crippen LogP contribution is -2.38. The highest BCUT2D eigenvalue weighted by molar-refractivity contribution is 5.94. The second kappa shape index (κ2) is 8.83. The molecule has 0 aliphatic carbocycles. The third kappa shape index (κ3) is 4.94. The number of likely N-dealkylation sites (N-methyl/N-ethyl adjacent to an activating group) is 1. The third-order valence-electron chi connectivity index (χ3n) is 4.28. The molecule has 0 saturated carbocycles. The minimum absolute atomic E-state index is 0. The van der Waals surface area contributed by atoms with Crippen molar-refractivity contribution in [3.63, 3.8) is 0 Å². The highest BCUT2D eigenvalue weighted by Gasteiger charge is 2.24. The maximum absolute atomic E-state index is 13.2. The monoisotopic (exact) mass is 364 g/mol. The van der Waals surface area contributed by atoms with Gasteiger partial charge in [-0.3, -0.25) is 4.79 Å². The first kappa shape index (κ1) is 19.2. The highest BCUT2D eigenvalue weighted by atomic mass is 35.5. The van der Waals surface area contributed by atoms with Gasteiger partial charge in [0.2, 0.25) is 0 Å². The molecule has 0 bridgehead atoms. The smallest absolute Gasteiger partial charge is 0.253 e. The Balaban J connectivity index is 0.00000225. The van der Waals surface area contributed by atoms with Crippen LogP contribution >= 0.6 is 12.4 Å². The number of halogens is 2. The van der Waals surface area contributed by atoms with Gasteiger partial charge in [0.15, 0.2) is 0 Å². The molecule has 134 valence electrons. The fourth-order valence-corrected chi connectivity index (χ4v) is 2.86. The van der Waals surface area contributed by atoms with Gasteiger partial charge < -0.3 is 15.0 Å². The summed E-state index contributed by atoms with van der Waals surface area (Å²) in [7, 11) is 1.84. The van der Waals surface area contributed by atoms with Crippen molar-refractivity contribution < 1.29 is 13.9 Å². The van der Waals surface area contributed by atoms with Crippen LogP contribution in [0.1, 0.15) is 22.3 Å². The number of rotatable bonds is 5. The normalized spacial score (nSPS) is 16.2. The number of nitrogens with zero attached hydrogens (tertiary/aromatic N) is 1. The zero-order chi connectivity index (χ0) is 16.9. The lowest BCUT2D eigenvalue weighted by molar-refractivity contribution is 0.0743. The number of benzene rings is 2. The van der Waals surface area contributed by atoms with Crippen LogP contribution in [0.15, 0.2) is 48.5 Å². The molecule has 2 aromatic rings. The Morgan fingerprint density at radius 2 is 2.08 bits per heavy atom. The van der Waals surface area contributed by atoms with Crippen molar-refractivity contribution in [1.82, 2.24) is 10.2 Å². The summed E-state index contributed by atoms with van der Waals surface area (Å²) in [6, 6.07) is 13.7. The van der Waals surface area contributed by atoms with Crippen molar-refractivity contribution in [2.24, 2.45) is 0 Å². The Morgan fingerprint density at radius 3 is 2.80 bits per heavy atom. The Kier molecular flexibility index (Phi) is 6.79. The number of amides is 1. The molecule has 1 N–H and O–H groups in total. The van der Waals surface area contributed by atoms with E-state index in [1.54, 1.807) is 17.0 Å². The average Bonchev–Trinajstić information content (AvgIpc) is 3.14. The molecule has 0 radical (unpaired) electrons. The molecule has 3 rings (SSSR count).